The van der Waals surface area contributed by atoms with Crippen LogP contribution in [0.3, 0.4) is 0 Å². The summed E-state index contributed by atoms with van der Waals surface area (Å²) >= 11 is 0. The summed E-state index contributed by atoms with van der Waals surface area (Å²) in [7, 11) is -4.64. The van der Waals surface area contributed by atoms with Crippen molar-refractivity contribution in [1.29, 1.82) is 0 Å². The lowest BCUT2D eigenvalue weighted by molar-refractivity contribution is -0.147. The first kappa shape index (κ1) is 32.7. The number of carbonyl (C=O) groups excluding carboxylic acids is 1. The molecule has 0 spiro atoms. The van der Waals surface area contributed by atoms with E-state index in [1.165, 1.54) is 32.6 Å². The number of unbranched alkanes of at least 4 members (excludes halogenated alkanes) is 9. The Morgan fingerprint density at radius 1 is 0.971 bits per heavy atom. The van der Waals surface area contributed by atoms with Gasteiger partial charge in [0, 0.05) is 6.42 Å². The van der Waals surface area contributed by atoms with E-state index < -0.39 is 51.2 Å². The Bertz CT molecular complexity index is 630. The third-order valence-corrected chi connectivity index (χ3v) is 6.17. The molecule has 0 radical (unpaired) electrons. The fourth-order valence-corrected chi connectivity index (χ4v) is 3.96. The molecule has 11 heteroatoms. The summed E-state index contributed by atoms with van der Waals surface area (Å²) in [4.78, 5) is 32.1. The van der Waals surface area contributed by atoms with Gasteiger partial charge in [-0.2, -0.15) is 0 Å². The predicted octanol–water partition coefficient (Wildman–Crippen LogP) is 4.08. The molecule has 0 amide bonds. The number of hydrogen-bond donors (Lipinski definition) is 4. The number of phosphoric acid groups is 1. The maximum atomic E-state index is 11.8. The fraction of sp³-hybridized carbons (Fsp3) is 0.826. The second-order valence-electron chi connectivity index (χ2n) is 8.40. The number of carboxylic acids is 1. The van der Waals surface area contributed by atoms with E-state index in [1.54, 1.807) is 0 Å². The summed E-state index contributed by atoms with van der Waals surface area (Å²) in [6, 6.07) is -1.52. The van der Waals surface area contributed by atoms with Gasteiger partial charge in [-0.3, -0.25) is 18.6 Å². The van der Waals surface area contributed by atoms with Crippen LogP contribution in [0.25, 0.3) is 0 Å². The second-order valence-corrected chi connectivity index (χ2v) is 9.81. The van der Waals surface area contributed by atoms with Gasteiger partial charge >= 0.3 is 19.8 Å². The van der Waals surface area contributed by atoms with E-state index >= 15 is 0 Å². The number of aliphatic hydroxyl groups excluding tert-OH is 1. The van der Waals surface area contributed by atoms with Crippen LogP contribution in [0.5, 0.6) is 0 Å². The van der Waals surface area contributed by atoms with Gasteiger partial charge in [0.05, 0.1) is 12.7 Å². The minimum atomic E-state index is -4.64. The maximum absolute atomic E-state index is 11.8. The highest BCUT2D eigenvalue weighted by atomic mass is 31.2. The van der Waals surface area contributed by atoms with E-state index in [1.807, 2.05) is 0 Å². The molecule has 0 aromatic heterocycles. The lowest BCUT2D eigenvalue weighted by atomic mass is 10.1. The number of hydrogen-bond acceptors (Lipinski definition) is 8. The zero-order chi connectivity index (χ0) is 25.8. The monoisotopic (exact) mass is 509 g/mol. The molecule has 0 bridgehead atoms. The average molecular weight is 510 g/mol. The normalized spacial score (nSPS) is 16.1. The van der Waals surface area contributed by atoms with Gasteiger partial charge in [-0.1, -0.05) is 57.6 Å². The van der Waals surface area contributed by atoms with Crippen molar-refractivity contribution in [1.82, 2.24) is 0 Å². The number of phosphoric ester groups is 1. The van der Waals surface area contributed by atoms with Gasteiger partial charge in [0.2, 0.25) is 0 Å². The van der Waals surface area contributed by atoms with Crippen molar-refractivity contribution < 1.29 is 43.0 Å². The van der Waals surface area contributed by atoms with Crippen molar-refractivity contribution >= 4 is 19.8 Å². The van der Waals surface area contributed by atoms with E-state index in [-0.39, 0.29) is 6.42 Å². The third-order valence-electron chi connectivity index (χ3n) is 5.10. The summed E-state index contributed by atoms with van der Waals surface area (Å²) in [5, 5.41) is 18.5. The maximum Gasteiger partial charge on any atom is 0.472 e. The van der Waals surface area contributed by atoms with E-state index in [4.69, 9.17) is 15.6 Å². The van der Waals surface area contributed by atoms with Crippen molar-refractivity contribution in [3.05, 3.63) is 12.2 Å². The molecule has 1 unspecified atom stereocenters. The van der Waals surface area contributed by atoms with Crippen LogP contribution < -0.4 is 5.73 Å². The van der Waals surface area contributed by atoms with Crippen LogP contribution in [-0.2, 0) is 27.9 Å². The number of nitrogens with two attached hydrogens (primary N) is 1. The first-order valence-electron chi connectivity index (χ1n) is 12.2. The molecular weight excluding hydrogens is 465 g/mol. The highest BCUT2D eigenvalue weighted by Gasteiger charge is 2.31. The van der Waals surface area contributed by atoms with Crippen LogP contribution in [0, 0.1) is 0 Å². The number of rotatable bonds is 22. The molecule has 0 aliphatic heterocycles. The minimum Gasteiger partial charge on any atom is -0.480 e. The summed E-state index contributed by atoms with van der Waals surface area (Å²) in [5.74, 6) is -1.87. The molecule has 200 valence electrons. The number of carboxylic acid groups (broad SMARTS) is 1. The molecule has 0 aliphatic carbocycles. The van der Waals surface area contributed by atoms with Crippen LogP contribution in [0.2, 0.25) is 0 Å². The van der Waals surface area contributed by atoms with Gasteiger partial charge in [0.15, 0.2) is 0 Å². The quantitative estimate of drug-likeness (QED) is 0.0723. The van der Waals surface area contributed by atoms with Crippen molar-refractivity contribution in [3.63, 3.8) is 0 Å². The number of carbonyl (C=O) groups is 2. The second kappa shape index (κ2) is 20.0. The van der Waals surface area contributed by atoms with Crippen LogP contribution in [-0.4, -0.2) is 58.5 Å². The van der Waals surface area contributed by atoms with Gasteiger partial charge < -0.3 is 25.6 Å². The number of allylic oxidation sites excluding steroid dienone is 2. The van der Waals surface area contributed by atoms with E-state index in [2.05, 4.69) is 28.1 Å². The molecule has 5 N–H and O–H groups in total. The fourth-order valence-electron chi connectivity index (χ4n) is 2.98. The van der Waals surface area contributed by atoms with E-state index in [0.29, 0.717) is 6.42 Å². The molecule has 0 heterocycles. The van der Waals surface area contributed by atoms with Gasteiger partial charge in [-0.05, 0) is 39.0 Å². The number of esters is 1. The van der Waals surface area contributed by atoms with Crippen molar-refractivity contribution in [2.24, 2.45) is 5.73 Å². The molecular formula is C23H44NO9P. The summed E-state index contributed by atoms with van der Waals surface area (Å²) in [6.45, 7) is 2.39. The SMILES string of the molecule is CCCCCC/C=C\CCCCCCCC(=O)OC[C@@H](O)COP(=O)(O)O[C@@H](C)[C@H](N)C(=O)O. The third kappa shape index (κ3) is 19.1. The lowest BCUT2D eigenvalue weighted by Crippen LogP contribution is -2.41. The van der Waals surface area contributed by atoms with Crippen molar-refractivity contribution in [2.75, 3.05) is 13.2 Å². The Balaban J connectivity index is 3.76. The summed E-state index contributed by atoms with van der Waals surface area (Å²) < 4.78 is 26.0. The lowest BCUT2D eigenvalue weighted by Gasteiger charge is -2.21. The van der Waals surface area contributed by atoms with Crippen LogP contribution in [0.15, 0.2) is 12.2 Å². The molecule has 0 aliphatic rings. The Morgan fingerprint density at radius 2 is 1.53 bits per heavy atom. The van der Waals surface area contributed by atoms with Gasteiger partial charge in [-0.25, -0.2) is 4.57 Å². The first-order valence-corrected chi connectivity index (χ1v) is 13.7. The molecule has 0 saturated carbocycles. The van der Waals surface area contributed by atoms with Crippen molar-refractivity contribution in [3.8, 4) is 0 Å². The standard InChI is InChI=1S/C23H44NO9P/c1-3-4-5-6-7-8-9-10-11-12-13-14-15-16-21(26)31-17-20(25)18-32-34(29,30)33-19(2)22(24)23(27)28/h8-9,19-20,22,25H,3-7,10-18,24H2,1-2H3,(H,27,28)(H,29,30)/b9-8-/t19-,20+,22-/m0/s1. The zero-order valence-corrected chi connectivity index (χ0v) is 21.5. The highest BCUT2D eigenvalue weighted by molar-refractivity contribution is 7.47. The number of ether oxygens (including phenoxy) is 1. The Labute approximate surface area is 203 Å². The zero-order valence-electron chi connectivity index (χ0n) is 20.6. The number of aliphatic hydroxyl groups is 1. The molecule has 0 saturated heterocycles. The van der Waals surface area contributed by atoms with Crippen LogP contribution >= 0.6 is 7.82 Å². The molecule has 0 fully saturated rings. The average Bonchev–Trinajstić information content (AvgIpc) is 2.78. The highest BCUT2D eigenvalue weighted by Crippen LogP contribution is 2.44. The van der Waals surface area contributed by atoms with Gasteiger partial charge in [0.25, 0.3) is 0 Å². The van der Waals surface area contributed by atoms with Gasteiger partial charge in [0.1, 0.15) is 18.8 Å². The number of aliphatic carboxylic acids is 1. The Morgan fingerprint density at radius 3 is 2.12 bits per heavy atom. The van der Waals surface area contributed by atoms with Crippen LogP contribution in [0.1, 0.15) is 90.9 Å². The van der Waals surface area contributed by atoms with Crippen LogP contribution in [0.4, 0.5) is 0 Å². The Kier molecular flexibility index (Phi) is 19.2. The first-order chi connectivity index (χ1) is 16.1. The van der Waals surface area contributed by atoms with Gasteiger partial charge in [-0.15, -0.1) is 0 Å². The minimum absolute atomic E-state index is 0.234. The molecule has 0 aromatic carbocycles. The smallest absolute Gasteiger partial charge is 0.472 e. The van der Waals surface area contributed by atoms with E-state index in [0.717, 1.165) is 38.5 Å². The molecule has 34 heavy (non-hydrogen) atoms. The molecule has 4 atom stereocenters. The topological polar surface area (TPSA) is 166 Å². The van der Waals surface area contributed by atoms with E-state index in [9.17, 15) is 24.2 Å². The molecule has 0 aromatic rings. The molecule has 0 rings (SSSR count). The molecule has 10 nitrogen and oxygen atoms in total. The Hall–Kier alpha value is -1.29. The van der Waals surface area contributed by atoms with Crippen molar-refractivity contribution in [2.45, 2.75) is 109 Å². The summed E-state index contributed by atoms with van der Waals surface area (Å²) in [6.07, 6.45) is 14.4. The summed E-state index contributed by atoms with van der Waals surface area (Å²) in [5.41, 5.74) is 5.29. The predicted molar refractivity (Wildman–Crippen MR) is 129 cm³/mol. The largest absolute Gasteiger partial charge is 0.480 e.